The normalized spacial score (nSPS) is 22.3. The molecule has 3 nitrogen and oxygen atoms in total. The number of halogens is 1. The molecule has 1 aromatic rings. The van der Waals surface area contributed by atoms with Crippen LogP contribution in [-0.4, -0.2) is 23.9 Å². The van der Waals surface area contributed by atoms with E-state index in [0.717, 1.165) is 37.0 Å². The minimum Gasteiger partial charge on any atom is -0.493 e. The van der Waals surface area contributed by atoms with Crippen molar-refractivity contribution in [2.45, 2.75) is 50.4 Å². The molecule has 1 saturated carbocycles. The number of amides is 1. The van der Waals surface area contributed by atoms with Crippen LogP contribution < -0.4 is 10.1 Å². The quantitative estimate of drug-likeness (QED) is 0.845. The third-order valence-corrected chi connectivity index (χ3v) is 4.05. The Hall–Kier alpha value is -1.22. The lowest BCUT2D eigenvalue weighted by molar-refractivity contribution is -0.122. The Morgan fingerprint density at radius 3 is 2.80 bits per heavy atom. The van der Waals surface area contributed by atoms with Crippen LogP contribution in [0.25, 0.3) is 0 Å². The molecule has 1 N–H and O–H groups in total. The zero-order valence-electron chi connectivity index (χ0n) is 11.9. The molecule has 0 aliphatic heterocycles. The van der Waals surface area contributed by atoms with E-state index in [2.05, 4.69) is 5.32 Å². The molecule has 0 bridgehead atoms. The molecule has 1 aromatic carbocycles. The smallest absolute Gasteiger partial charge is 0.223 e. The lowest BCUT2D eigenvalue weighted by atomic mass is 9.95. The second kappa shape index (κ2) is 7.53. The van der Waals surface area contributed by atoms with E-state index in [1.54, 1.807) is 0 Å². The molecule has 0 aromatic heterocycles. The Bertz CT molecular complexity index is 442. The molecule has 1 fully saturated rings. The summed E-state index contributed by atoms with van der Waals surface area (Å²) in [5, 5.41) is 3.34. The number of ether oxygens (including phenoxy) is 1. The van der Waals surface area contributed by atoms with Gasteiger partial charge in [-0.3, -0.25) is 4.79 Å². The van der Waals surface area contributed by atoms with Crippen molar-refractivity contribution >= 4 is 17.5 Å². The molecule has 0 heterocycles. The number of rotatable bonds is 5. The van der Waals surface area contributed by atoms with Crippen LogP contribution in [0.15, 0.2) is 24.3 Å². The van der Waals surface area contributed by atoms with Crippen LogP contribution in [0.3, 0.4) is 0 Å². The van der Waals surface area contributed by atoms with Crippen LogP contribution in [-0.2, 0) is 4.79 Å². The van der Waals surface area contributed by atoms with Crippen LogP contribution >= 0.6 is 11.6 Å². The molecule has 1 aliphatic rings. The summed E-state index contributed by atoms with van der Waals surface area (Å²) in [7, 11) is 0. The Morgan fingerprint density at radius 1 is 1.35 bits per heavy atom. The van der Waals surface area contributed by atoms with Gasteiger partial charge in [0.2, 0.25) is 5.91 Å². The topological polar surface area (TPSA) is 38.3 Å². The first-order chi connectivity index (χ1) is 9.63. The summed E-state index contributed by atoms with van der Waals surface area (Å²) in [6, 6.07) is 8.14. The summed E-state index contributed by atoms with van der Waals surface area (Å²) in [6.07, 6.45) is 4.35. The molecule has 110 valence electrons. The molecule has 2 rings (SSSR count). The number of hydrogen-bond donors (Lipinski definition) is 1. The second-order valence-electron chi connectivity index (χ2n) is 5.43. The van der Waals surface area contributed by atoms with Crippen molar-refractivity contribution in [1.29, 1.82) is 0 Å². The number of carbonyl (C=O) groups excluding carboxylic acids is 1. The zero-order chi connectivity index (χ0) is 14.4. The molecule has 0 spiro atoms. The van der Waals surface area contributed by atoms with Crippen LogP contribution in [0, 0.1) is 6.92 Å². The lowest BCUT2D eigenvalue weighted by Gasteiger charge is -2.25. The number of hydrogen-bond acceptors (Lipinski definition) is 2. The van der Waals surface area contributed by atoms with Crippen LogP contribution in [0.5, 0.6) is 5.75 Å². The third kappa shape index (κ3) is 5.04. The van der Waals surface area contributed by atoms with Gasteiger partial charge >= 0.3 is 0 Å². The average molecular weight is 296 g/mol. The number of benzene rings is 1. The van der Waals surface area contributed by atoms with E-state index >= 15 is 0 Å². The highest BCUT2D eigenvalue weighted by molar-refractivity contribution is 6.20. The highest BCUT2D eigenvalue weighted by Gasteiger charge is 2.20. The number of nitrogens with one attached hydrogen (secondary N) is 1. The Kier molecular flexibility index (Phi) is 5.72. The third-order valence-electron chi connectivity index (χ3n) is 3.61. The van der Waals surface area contributed by atoms with E-state index in [4.69, 9.17) is 16.3 Å². The zero-order valence-corrected chi connectivity index (χ0v) is 12.7. The van der Waals surface area contributed by atoms with E-state index in [0.29, 0.717) is 13.0 Å². The summed E-state index contributed by atoms with van der Waals surface area (Å²) in [6.45, 7) is 2.44. The van der Waals surface area contributed by atoms with Crippen LogP contribution in [0.4, 0.5) is 0 Å². The van der Waals surface area contributed by atoms with E-state index in [-0.39, 0.29) is 17.3 Å². The summed E-state index contributed by atoms with van der Waals surface area (Å²) in [5.74, 6) is 0.885. The van der Waals surface area contributed by atoms with Crippen LogP contribution in [0.2, 0.25) is 0 Å². The molecule has 1 aliphatic carbocycles. The molecular weight excluding hydrogens is 274 g/mol. The predicted octanol–water partition coefficient (Wildman–Crippen LogP) is 3.43. The highest BCUT2D eigenvalue weighted by Crippen LogP contribution is 2.22. The van der Waals surface area contributed by atoms with Crippen molar-refractivity contribution in [3.8, 4) is 5.75 Å². The van der Waals surface area contributed by atoms with Gasteiger partial charge in [-0.25, -0.2) is 0 Å². The van der Waals surface area contributed by atoms with E-state index in [1.807, 2.05) is 31.2 Å². The van der Waals surface area contributed by atoms with Crippen molar-refractivity contribution in [1.82, 2.24) is 5.32 Å². The standard InChI is InChI=1S/C16H22ClNO2/c1-12-3-2-4-15(11-12)20-10-9-16(19)18-14-7-5-13(17)6-8-14/h2-4,11,13-14H,5-10H2,1H3,(H,18,19). The molecule has 4 heteroatoms. The predicted molar refractivity (Wildman–Crippen MR) is 81.3 cm³/mol. The van der Waals surface area contributed by atoms with Gasteiger partial charge in [-0.1, -0.05) is 12.1 Å². The van der Waals surface area contributed by atoms with Gasteiger partial charge in [-0.2, -0.15) is 0 Å². The number of aryl methyl sites for hydroxylation is 1. The molecule has 0 saturated heterocycles. The van der Waals surface area contributed by atoms with Crippen molar-refractivity contribution in [2.24, 2.45) is 0 Å². The Labute approximate surface area is 125 Å². The maximum atomic E-state index is 11.8. The van der Waals surface area contributed by atoms with Crippen LogP contribution in [0.1, 0.15) is 37.7 Å². The van der Waals surface area contributed by atoms with Crippen molar-refractivity contribution < 1.29 is 9.53 Å². The number of carbonyl (C=O) groups is 1. The van der Waals surface area contributed by atoms with E-state index < -0.39 is 0 Å². The molecule has 20 heavy (non-hydrogen) atoms. The van der Waals surface area contributed by atoms with Gasteiger partial charge in [0, 0.05) is 11.4 Å². The Morgan fingerprint density at radius 2 is 2.10 bits per heavy atom. The molecule has 0 radical (unpaired) electrons. The van der Waals surface area contributed by atoms with Gasteiger partial charge < -0.3 is 10.1 Å². The maximum Gasteiger partial charge on any atom is 0.223 e. The van der Waals surface area contributed by atoms with Gasteiger partial charge in [0.1, 0.15) is 5.75 Å². The molecular formula is C16H22ClNO2. The fourth-order valence-corrected chi connectivity index (χ4v) is 2.72. The summed E-state index contributed by atoms with van der Waals surface area (Å²) in [5.41, 5.74) is 1.16. The largest absolute Gasteiger partial charge is 0.493 e. The first-order valence-corrected chi connectivity index (χ1v) is 7.70. The van der Waals surface area contributed by atoms with Gasteiger partial charge in [-0.15, -0.1) is 11.6 Å². The van der Waals surface area contributed by atoms with Gasteiger partial charge in [-0.05, 0) is 50.3 Å². The molecule has 0 unspecified atom stereocenters. The van der Waals surface area contributed by atoms with E-state index in [1.165, 1.54) is 0 Å². The monoisotopic (exact) mass is 295 g/mol. The maximum absolute atomic E-state index is 11.8. The SMILES string of the molecule is Cc1cccc(OCCC(=O)NC2CCC(Cl)CC2)c1. The average Bonchev–Trinajstić information content (AvgIpc) is 2.41. The minimum atomic E-state index is 0.0654. The first kappa shape index (κ1) is 15.2. The molecule has 0 atom stereocenters. The first-order valence-electron chi connectivity index (χ1n) is 7.26. The van der Waals surface area contributed by atoms with Crippen molar-refractivity contribution in [3.63, 3.8) is 0 Å². The fraction of sp³-hybridized carbons (Fsp3) is 0.562. The second-order valence-corrected chi connectivity index (χ2v) is 6.05. The summed E-state index contributed by atoms with van der Waals surface area (Å²) >= 11 is 6.05. The Balaban J connectivity index is 1.65. The number of alkyl halides is 1. The van der Waals surface area contributed by atoms with Gasteiger partial charge in [0.25, 0.3) is 0 Å². The van der Waals surface area contributed by atoms with Gasteiger partial charge in [0.05, 0.1) is 13.0 Å². The van der Waals surface area contributed by atoms with Crippen molar-refractivity contribution in [3.05, 3.63) is 29.8 Å². The minimum absolute atomic E-state index is 0.0654. The highest BCUT2D eigenvalue weighted by atomic mass is 35.5. The fourth-order valence-electron chi connectivity index (χ4n) is 2.46. The summed E-state index contributed by atoms with van der Waals surface area (Å²) < 4.78 is 5.58. The molecule has 1 amide bonds. The van der Waals surface area contributed by atoms with Crippen molar-refractivity contribution in [2.75, 3.05) is 6.61 Å². The van der Waals surface area contributed by atoms with E-state index in [9.17, 15) is 4.79 Å². The summed E-state index contributed by atoms with van der Waals surface area (Å²) in [4.78, 5) is 11.8. The lowest BCUT2D eigenvalue weighted by Crippen LogP contribution is -2.38. The van der Waals surface area contributed by atoms with Gasteiger partial charge in [0.15, 0.2) is 0 Å².